The number of carbonyl (C=O) groups excluding carboxylic acids is 2. The minimum Gasteiger partial charge on any atom is -0.361 e. The number of rotatable bonds is 2. The van der Waals surface area contributed by atoms with Crippen LogP contribution in [-0.4, -0.2) is 37.3 Å². The Morgan fingerprint density at radius 2 is 2.15 bits per heavy atom. The van der Waals surface area contributed by atoms with Gasteiger partial charge in [-0.05, 0) is 18.6 Å². The Balaban J connectivity index is 2.11. The SMILES string of the molecule is CNC(=O)NC(=O)CN1CC[C@H](C)Sc2ccccc21. The summed E-state index contributed by atoms with van der Waals surface area (Å²) in [5.74, 6) is -0.293. The molecule has 0 aliphatic carbocycles. The summed E-state index contributed by atoms with van der Waals surface area (Å²) in [5, 5.41) is 5.20. The predicted molar refractivity (Wildman–Crippen MR) is 81.2 cm³/mol. The Morgan fingerprint density at radius 3 is 2.90 bits per heavy atom. The van der Waals surface area contributed by atoms with Crippen molar-refractivity contribution in [1.29, 1.82) is 0 Å². The molecule has 2 rings (SSSR count). The number of hydrogen-bond donors (Lipinski definition) is 2. The van der Waals surface area contributed by atoms with Gasteiger partial charge in [-0.15, -0.1) is 11.8 Å². The fourth-order valence-electron chi connectivity index (χ4n) is 2.12. The van der Waals surface area contributed by atoms with Crippen LogP contribution in [0.25, 0.3) is 0 Å². The van der Waals surface area contributed by atoms with E-state index in [0.29, 0.717) is 5.25 Å². The number of carbonyl (C=O) groups is 2. The maximum atomic E-state index is 11.9. The van der Waals surface area contributed by atoms with Crippen molar-refractivity contribution in [3.8, 4) is 0 Å². The molecule has 1 aromatic rings. The molecule has 1 aromatic carbocycles. The fraction of sp³-hybridized carbons (Fsp3) is 0.429. The highest BCUT2D eigenvalue weighted by Crippen LogP contribution is 2.36. The molecule has 1 aliphatic rings. The van der Waals surface area contributed by atoms with Gasteiger partial charge in [-0.3, -0.25) is 10.1 Å². The molecule has 3 amide bonds. The smallest absolute Gasteiger partial charge is 0.321 e. The van der Waals surface area contributed by atoms with Gasteiger partial charge in [-0.2, -0.15) is 0 Å². The molecule has 0 unspecified atom stereocenters. The normalized spacial score (nSPS) is 17.9. The second-order valence-electron chi connectivity index (χ2n) is 4.73. The predicted octanol–water partition coefficient (Wildman–Crippen LogP) is 1.83. The van der Waals surface area contributed by atoms with Gasteiger partial charge in [0.05, 0.1) is 12.2 Å². The number of para-hydroxylation sites is 1. The molecule has 0 saturated heterocycles. The van der Waals surface area contributed by atoms with E-state index < -0.39 is 6.03 Å². The van der Waals surface area contributed by atoms with Crippen LogP contribution in [0, 0.1) is 0 Å². The van der Waals surface area contributed by atoms with Crippen LogP contribution in [0.4, 0.5) is 10.5 Å². The summed E-state index contributed by atoms with van der Waals surface area (Å²) in [7, 11) is 1.49. The standard InChI is InChI=1S/C14H19N3O2S/c1-10-7-8-17(9-13(18)16-14(19)15-2)11-5-3-4-6-12(11)20-10/h3-6,10H,7-9H2,1-2H3,(H2,15,16,18,19)/t10-/m0/s1. The number of urea groups is 1. The molecular formula is C14H19N3O2S. The molecule has 1 aliphatic heterocycles. The van der Waals surface area contributed by atoms with Crippen molar-refractivity contribution >= 4 is 29.4 Å². The van der Waals surface area contributed by atoms with Crippen molar-refractivity contribution in [1.82, 2.24) is 10.6 Å². The largest absolute Gasteiger partial charge is 0.361 e. The van der Waals surface area contributed by atoms with Crippen LogP contribution in [0.3, 0.4) is 0 Å². The van der Waals surface area contributed by atoms with Crippen molar-refractivity contribution in [3.63, 3.8) is 0 Å². The van der Waals surface area contributed by atoms with E-state index in [1.165, 1.54) is 11.9 Å². The molecule has 0 radical (unpaired) electrons. The molecule has 2 N–H and O–H groups in total. The van der Waals surface area contributed by atoms with E-state index >= 15 is 0 Å². The number of nitrogens with zero attached hydrogens (tertiary/aromatic N) is 1. The Morgan fingerprint density at radius 1 is 1.40 bits per heavy atom. The topological polar surface area (TPSA) is 61.4 Å². The highest BCUT2D eigenvalue weighted by atomic mass is 32.2. The van der Waals surface area contributed by atoms with Crippen LogP contribution in [0.5, 0.6) is 0 Å². The molecule has 6 heteroatoms. The summed E-state index contributed by atoms with van der Waals surface area (Å²) < 4.78 is 0. The first-order valence-corrected chi connectivity index (χ1v) is 7.50. The van der Waals surface area contributed by atoms with Crippen molar-refractivity contribution in [2.75, 3.05) is 25.0 Å². The van der Waals surface area contributed by atoms with Crippen LogP contribution in [-0.2, 0) is 4.79 Å². The lowest BCUT2D eigenvalue weighted by Gasteiger charge is -2.23. The molecule has 0 spiro atoms. The molecule has 1 heterocycles. The molecule has 20 heavy (non-hydrogen) atoms. The number of anilines is 1. The monoisotopic (exact) mass is 293 g/mol. The summed E-state index contributed by atoms with van der Waals surface area (Å²) in [5.41, 5.74) is 1.06. The lowest BCUT2D eigenvalue weighted by molar-refractivity contribution is -0.118. The van der Waals surface area contributed by atoms with Gasteiger partial charge < -0.3 is 10.2 Å². The minimum atomic E-state index is -0.471. The molecule has 108 valence electrons. The first-order valence-electron chi connectivity index (χ1n) is 6.62. The summed E-state index contributed by atoms with van der Waals surface area (Å²) in [4.78, 5) is 26.2. The molecule has 0 bridgehead atoms. The molecule has 0 aromatic heterocycles. The first-order chi connectivity index (χ1) is 9.60. The Bertz CT molecular complexity index is 507. The Labute approximate surface area is 123 Å². The first kappa shape index (κ1) is 14.7. The third-order valence-electron chi connectivity index (χ3n) is 3.15. The lowest BCUT2D eigenvalue weighted by atomic mass is 10.2. The van der Waals surface area contributed by atoms with Gasteiger partial charge in [0.1, 0.15) is 0 Å². The number of benzene rings is 1. The summed E-state index contributed by atoms with van der Waals surface area (Å²) in [6.07, 6.45) is 1.01. The van der Waals surface area contributed by atoms with Crippen molar-refractivity contribution in [2.24, 2.45) is 0 Å². The van der Waals surface area contributed by atoms with Crippen molar-refractivity contribution < 1.29 is 9.59 Å². The zero-order valence-corrected chi connectivity index (χ0v) is 12.5. The van der Waals surface area contributed by atoms with Gasteiger partial charge >= 0.3 is 6.03 Å². The van der Waals surface area contributed by atoms with Gasteiger partial charge in [0.2, 0.25) is 5.91 Å². The van der Waals surface area contributed by atoms with E-state index in [4.69, 9.17) is 0 Å². The van der Waals surface area contributed by atoms with E-state index in [-0.39, 0.29) is 12.5 Å². The summed E-state index contributed by atoms with van der Waals surface area (Å²) in [6.45, 7) is 3.19. The average molecular weight is 293 g/mol. The van der Waals surface area contributed by atoms with Crippen LogP contribution >= 0.6 is 11.8 Å². The van der Waals surface area contributed by atoms with E-state index in [2.05, 4.69) is 23.6 Å². The van der Waals surface area contributed by atoms with E-state index in [1.807, 2.05) is 34.9 Å². The van der Waals surface area contributed by atoms with Gasteiger partial charge in [0, 0.05) is 23.7 Å². The van der Waals surface area contributed by atoms with Crippen LogP contribution in [0.2, 0.25) is 0 Å². The van der Waals surface area contributed by atoms with E-state index in [1.54, 1.807) is 0 Å². The average Bonchev–Trinajstić information content (AvgIpc) is 2.58. The van der Waals surface area contributed by atoms with E-state index in [0.717, 1.165) is 18.7 Å². The Hall–Kier alpha value is -1.69. The third kappa shape index (κ3) is 3.66. The lowest BCUT2D eigenvalue weighted by Crippen LogP contribution is -2.43. The third-order valence-corrected chi connectivity index (χ3v) is 4.39. The van der Waals surface area contributed by atoms with Gasteiger partial charge in [-0.1, -0.05) is 19.1 Å². The minimum absolute atomic E-state index is 0.192. The highest BCUT2D eigenvalue weighted by Gasteiger charge is 2.21. The van der Waals surface area contributed by atoms with E-state index in [9.17, 15) is 9.59 Å². The van der Waals surface area contributed by atoms with Crippen LogP contribution < -0.4 is 15.5 Å². The highest BCUT2D eigenvalue weighted by molar-refractivity contribution is 8.00. The van der Waals surface area contributed by atoms with Crippen molar-refractivity contribution in [3.05, 3.63) is 24.3 Å². The summed E-state index contributed by atoms with van der Waals surface area (Å²) >= 11 is 1.83. The number of amides is 3. The molecule has 0 fully saturated rings. The molecule has 1 atom stereocenters. The van der Waals surface area contributed by atoms with Crippen LogP contribution in [0.1, 0.15) is 13.3 Å². The second-order valence-corrected chi connectivity index (χ2v) is 6.21. The summed E-state index contributed by atoms with van der Waals surface area (Å²) in [6, 6.07) is 7.60. The fourth-order valence-corrected chi connectivity index (χ4v) is 3.25. The van der Waals surface area contributed by atoms with Crippen molar-refractivity contribution in [2.45, 2.75) is 23.5 Å². The number of fused-ring (bicyclic) bond motifs is 1. The van der Waals surface area contributed by atoms with Crippen LogP contribution in [0.15, 0.2) is 29.2 Å². The molecular weight excluding hydrogens is 274 g/mol. The number of hydrogen-bond acceptors (Lipinski definition) is 4. The zero-order chi connectivity index (χ0) is 14.5. The number of nitrogens with one attached hydrogen (secondary N) is 2. The maximum Gasteiger partial charge on any atom is 0.321 e. The number of thioether (sulfide) groups is 1. The van der Waals surface area contributed by atoms with Gasteiger partial charge in [0.15, 0.2) is 0 Å². The van der Waals surface area contributed by atoms with Gasteiger partial charge in [-0.25, -0.2) is 4.79 Å². The quantitative estimate of drug-likeness (QED) is 0.873. The number of imide groups is 1. The van der Waals surface area contributed by atoms with Gasteiger partial charge in [0.25, 0.3) is 0 Å². The Kier molecular flexibility index (Phi) is 4.89. The maximum absolute atomic E-state index is 11.9. The molecule has 0 saturated carbocycles. The molecule has 5 nitrogen and oxygen atoms in total. The second kappa shape index (κ2) is 6.65. The zero-order valence-electron chi connectivity index (χ0n) is 11.7.